The molecule has 0 radical (unpaired) electrons. The Balaban J connectivity index is 1.59. The summed E-state index contributed by atoms with van der Waals surface area (Å²) in [6.45, 7) is 0.460. The van der Waals surface area contributed by atoms with Gasteiger partial charge >= 0.3 is 6.09 Å². The van der Waals surface area contributed by atoms with Crippen molar-refractivity contribution in [1.29, 1.82) is 0 Å². The fraction of sp³-hybridized carbons (Fsp3) is 0.100. The maximum absolute atomic E-state index is 12.2. The van der Waals surface area contributed by atoms with Gasteiger partial charge in [0.2, 0.25) is 5.88 Å². The number of hydrogen-bond acceptors (Lipinski definition) is 4. The minimum absolute atomic E-state index is 0.244. The first-order chi connectivity index (χ1) is 13.0. The predicted molar refractivity (Wildman–Crippen MR) is 105 cm³/mol. The zero-order valence-corrected chi connectivity index (χ0v) is 15.9. The summed E-state index contributed by atoms with van der Waals surface area (Å²) in [6.07, 6.45) is 0.997. The van der Waals surface area contributed by atoms with Gasteiger partial charge in [0.25, 0.3) is 0 Å². The Labute approximate surface area is 167 Å². The lowest BCUT2D eigenvalue weighted by Crippen LogP contribution is -2.29. The van der Waals surface area contributed by atoms with Crippen molar-refractivity contribution >= 4 is 29.3 Å². The maximum Gasteiger partial charge on any atom is 0.415 e. The highest BCUT2D eigenvalue weighted by Crippen LogP contribution is 2.29. The molecular formula is C20H16Cl2N2O3. The molecule has 3 rings (SSSR count). The molecule has 138 valence electrons. The summed E-state index contributed by atoms with van der Waals surface area (Å²) in [4.78, 5) is 17.7. The Bertz CT molecular complexity index is 918. The lowest BCUT2D eigenvalue weighted by Gasteiger charge is -2.17. The van der Waals surface area contributed by atoms with Crippen molar-refractivity contribution in [2.45, 2.75) is 6.54 Å². The number of hydrogen-bond donors (Lipinski definition) is 0. The van der Waals surface area contributed by atoms with Gasteiger partial charge in [-0.3, -0.25) is 0 Å². The molecule has 7 heteroatoms. The van der Waals surface area contributed by atoms with Gasteiger partial charge in [0.15, 0.2) is 0 Å². The highest BCUT2D eigenvalue weighted by Gasteiger charge is 2.12. The van der Waals surface area contributed by atoms with Gasteiger partial charge in [-0.15, -0.1) is 0 Å². The Morgan fingerprint density at radius 3 is 2.37 bits per heavy atom. The van der Waals surface area contributed by atoms with Crippen LogP contribution in [0.2, 0.25) is 10.0 Å². The van der Waals surface area contributed by atoms with Gasteiger partial charge in [0.1, 0.15) is 16.5 Å². The molecule has 0 saturated carbocycles. The third-order valence-corrected chi connectivity index (χ3v) is 4.07. The average molecular weight is 403 g/mol. The SMILES string of the molecule is CN(Cc1ccccc1)C(=O)Oc1ccc(Oc2ncc(Cl)cc2Cl)cc1. The molecule has 1 aromatic heterocycles. The molecule has 0 aliphatic carbocycles. The van der Waals surface area contributed by atoms with Crippen LogP contribution in [-0.4, -0.2) is 23.0 Å². The minimum atomic E-state index is -0.449. The number of carbonyl (C=O) groups is 1. The second-order valence-electron chi connectivity index (χ2n) is 5.72. The van der Waals surface area contributed by atoms with Gasteiger partial charge in [-0.1, -0.05) is 53.5 Å². The highest BCUT2D eigenvalue weighted by molar-refractivity contribution is 6.35. The molecule has 0 spiro atoms. The van der Waals surface area contributed by atoms with E-state index in [1.165, 1.54) is 11.1 Å². The number of carbonyl (C=O) groups excluding carboxylic acids is 1. The third kappa shape index (κ3) is 5.36. The quantitative estimate of drug-likeness (QED) is 0.539. The second kappa shape index (κ2) is 8.75. The van der Waals surface area contributed by atoms with Crippen molar-refractivity contribution in [2.24, 2.45) is 0 Å². The lowest BCUT2D eigenvalue weighted by molar-refractivity contribution is 0.160. The lowest BCUT2D eigenvalue weighted by atomic mass is 10.2. The Hall–Kier alpha value is -2.76. The van der Waals surface area contributed by atoms with Gasteiger partial charge in [-0.2, -0.15) is 0 Å². The number of ether oxygens (including phenoxy) is 2. The summed E-state index contributed by atoms with van der Waals surface area (Å²) in [6, 6.07) is 17.8. The van der Waals surface area contributed by atoms with Crippen LogP contribution in [-0.2, 0) is 6.54 Å². The molecule has 0 N–H and O–H groups in total. The van der Waals surface area contributed by atoms with Crippen LogP contribution in [0.1, 0.15) is 5.56 Å². The van der Waals surface area contributed by atoms with Crippen molar-refractivity contribution in [2.75, 3.05) is 7.05 Å². The first-order valence-electron chi connectivity index (χ1n) is 8.07. The van der Waals surface area contributed by atoms with Crippen LogP contribution in [0, 0.1) is 0 Å². The van der Waals surface area contributed by atoms with Crippen LogP contribution in [0.4, 0.5) is 4.79 Å². The number of aromatic nitrogens is 1. The number of pyridine rings is 1. The Morgan fingerprint density at radius 1 is 1.04 bits per heavy atom. The van der Waals surface area contributed by atoms with E-state index in [0.717, 1.165) is 5.56 Å². The van der Waals surface area contributed by atoms with E-state index in [9.17, 15) is 4.79 Å². The number of amides is 1. The van der Waals surface area contributed by atoms with Crippen LogP contribution in [0.15, 0.2) is 66.9 Å². The van der Waals surface area contributed by atoms with Gasteiger partial charge in [0.05, 0.1) is 5.02 Å². The van der Waals surface area contributed by atoms with Crippen LogP contribution < -0.4 is 9.47 Å². The second-order valence-corrected chi connectivity index (χ2v) is 6.57. The fourth-order valence-electron chi connectivity index (χ4n) is 2.27. The molecule has 2 aromatic carbocycles. The largest absolute Gasteiger partial charge is 0.438 e. The van der Waals surface area contributed by atoms with Crippen molar-refractivity contribution < 1.29 is 14.3 Å². The van der Waals surface area contributed by atoms with E-state index in [0.29, 0.717) is 28.1 Å². The molecule has 0 aliphatic rings. The Morgan fingerprint density at radius 2 is 1.70 bits per heavy atom. The van der Waals surface area contributed by atoms with Crippen LogP contribution in [0.3, 0.4) is 0 Å². The molecule has 1 amide bonds. The van der Waals surface area contributed by atoms with E-state index in [-0.39, 0.29) is 5.88 Å². The molecule has 0 atom stereocenters. The normalized spacial score (nSPS) is 10.3. The van der Waals surface area contributed by atoms with E-state index >= 15 is 0 Å². The van der Waals surface area contributed by atoms with E-state index in [1.54, 1.807) is 37.4 Å². The number of benzene rings is 2. The molecule has 5 nitrogen and oxygen atoms in total. The Kier molecular flexibility index (Phi) is 6.16. The van der Waals surface area contributed by atoms with Crippen molar-refractivity contribution in [3.05, 3.63) is 82.5 Å². The highest BCUT2D eigenvalue weighted by atomic mass is 35.5. The zero-order valence-electron chi connectivity index (χ0n) is 14.4. The first-order valence-corrected chi connectivity index (χ1v) is 8.82. The van der Waals surface area contributed by atoms with Crippen LogP contribution >= 0.6 is 23.2 Å². The molecule has 0 fully saturated rings. The molecule has 0 unspecified atom stereocenters. The number of halogens is 2. The minimum Gasteiger partial charge on any atom is -0.438 e. The smallest absolute Gasteiger partial charge is 0.415 e. The van der Waals surface area contributed by atoms with Crippen molar-refractivity contribution in [3.8, 4) is 17.4 Å². The monoisotopic (exact) mass is 402 g/mol. The van der Waals surface area contributed by atoms with Crippen molar-refractivity contribution in [1.82, 2.24) is 9.88 Å². The molecule has 1 heterocycles. The summed E-state index contributed by atoms with van der Waals surface area (Å²) < 4.78 is 11.0. The molecular weight excluding hydrogens is 387 g/mol. The van der Waals surface area contributed by atoms with Gasteiger partial charge in [0, 0.05) is 19.8 Å². The third-order valence-electron chi connectivity index (χ3n) is 3.59. The number of nitrogens with zero attached hydrogens (tertiary/aromatic N) is 2. The summed E-state index contributed by atoms with van der Waals surface area (Å²) in [7, 11) is 1.68. The van der Waals surface area contributed by atoms with E-state index in [1.807, 2.05) is 30.3 Å². The van der Waals surface area contributed by atoms with Crippen LogP contribution in [0.5, 0.6) is 17.4 Å². The van der Waals surface area contributed by atoms with E-state index < -0.39 is 6.09 Å². The van der Waals surface area contributed by atoms with Gasteiger partial charge < -0.3 is 14.4 Å². The summed E-state index contributed by atoms with van der Waals surface area (Å²) in [5, 5.41) is 0.731. The number of rotatable bonds is 5. The first kappa shape index (κ1) is 19.0. The zero-order chi connectivity index (χ0) is 19.2. The van der Waals surface area contributed by atoms with Crippen LogP contribution in [0.25, 0.3) is 0 Å². The maximum atomic E-state index is 12.2. The standard InChI is InChI=1S/C20H16Cl2N2O3/c1-24(13-14-5-3-2-4-6-14)20(25)27-17-9-7-16(8-10-17)26-19-18(22)11-15(21)12-23-19/h2-12H,13H2,1H3. The predicted octanol–water partition coefficient (Wildman–Crippen LogP) is 5.81. The molecule has 0 saturated heterocycles. The molecule has 0 aliphatic heterocycles. The topological polar surface area (TPSA) is 51.7 Å². The fourth-order valence-corrected chi connectivity index (χ4v) is 2.68. The molecule has 3 aromatic rings. The molecule has 27 heavy (non-hydrogen) atoms. The summed E-state index contributed by atoms with van der Waals surface area (Å²) >= 11 is 11.8. The van der Waals surface area contributed by atoms with Crippen molar-refractivity contribution in [3.63, 3.8) is 0 Å². The van der Waals surface area contributed by atoms with Gasteiger partial charge in [-0.05, 0) is 35.9 Å². The van der Waals surface area contributed by atoms with E-state index in [4.69, 9.17) is 32.7 Å². The molecule has 0 bridgehead atoms. The summed E-state index contributed by atoms with van der Waals surface area (Å²) in [5.41, 5.74) is 1.02. The van der Waals surface area contributed by atoms with E-state index in [2.05, 4.69) is 4.98 Å². The average Bonchev–Trinajstić information content (AvgIpc) is 2.66. The van der Waals surface area contributed by atoms with Gasteiger partial charge in [-0.25, -0.2) is 9.78 Å². The summed E-state index contributed by atoms with van der Waals surface area (Å²) in [5.74, 6) is 1.15.